The summed E-state index contributed by atoms with van der Waals surface area (Å²) < 4.78 is 0. The van der Waals surface area contributed by atoms with Crippen molar-refractivity contribution in [2.45, 2.75) is 19.4 Å². The summed E-state index contributed by atoms with van der Waals surface area (Å²) in [7, 11) is 0. The molecule has 1 aromatic rings. The monoisotopic (exact) mass is 248 g/mol. The summed E-state index contributed by atoms with van der Waals surface area (Å²) in [6.07, 6.45) is 0.995. The zero-order chi connectivity index (χ0) is 10.1. The van der Waals surface area contributed by atoms with Crippen molar-refractivity contribution < 1.29 is 0 Å². The van der Waals surface area contributed by atoms with Crippen molar-refractivity contribution in [1.29, 1.82) is 0 Å². The van der Waals surface area contributed by atoms with Crippen LogP contribution in [0.4, 0.5) is 5.95 Å². The van der Waals surface area contributed by atoms with E-state index in [0.29, 0.717) is 11.1 Å². The minimum Gasteiger partial charge on any atom is -0.339 e. The minimum absolute atomic E-state index is 0. The second-order valence-corrected chi connectivity index (χ2v) is 4.01. The van der Waals surface area contributed by atoms with Gasteiger partial charge in [0, 0.05) is 24.8 Å². The quantitative estimate of drug-likeness (QED) is 0.764. The van der Waals surface area contributed by atoms with Crippen molar-refractivity contribution in [2.75, 3.05) is 18.0 Å². The Balaban J connectivity index is 0.00000112. The number of hydrogen-bond donors (Lipinski definition) is 1. The van der Waals surface area contributed by atoms with E-state index in [1.807, 2.05) is 6.92 Å². The van der Waals surface area contributed by atoms with Crippen LogP contribution in [0.15, 0.2) is 6.07 Å². The lowest BCUT2D eigenvalue weighted by Gasteiger charge is -2.15. The molecule has 0 bridgehead atoms. The maximum atomic E-state index is 5.86. The lowest BCUT2D eigenvalue weighted by Crippen LogP contribution is -2.27. The second kappa shape index (κ2) is 4.96. The van der Waals surface area contributed by atoms with Crippen molar-refractivity contribution in [2.24, 2.45) is 5.73 Å². The van der Waals surface area contributed by atoms with Crippen molar-refractivity contribution in [1.82, 2.24) is 9.97 Å². The summed E-state index contributed by atoms with van der Waals surface area (Å²) in [6.45, 7) is 3.65. The van der Waals surface area contributed by atoms with Gasteiger partial charge in [0.2, 0.25) is 5.95 Å². The van der Waals surface area contributed by atoms with Crippen LogP contribution in [0, 0.1) is 6.92 Å². The average molecular weight is 249 g/mol. The largest absolute Gasteiger partial charge is 0.339 e. The molecular weight excluding hydrogens is 235 g/mol. The van der Waals surface area contributed by atoms with Crippen LogP contribution >= 0.6 is 24.0 Å². The zero-order valence-electron chi connectivity index (χ0n) is 8.48. The van der Waals surface area contributed by atoms with E-state index in [9.17, 15) is 0 Å². The Hall–Kier alpha value is -0.580. The summed E-state index contributed by atoms with van der Waals surface area (Å²) in [5.74, 6) is 0.697. The molecule has 1 fully saturated rings. The molecule has 0 aromatic carbocycles. The standard InChI is InChI=1S/C9H13ClN4.ClH/c1-6-4-8(10)13-9(12-6)14-3-2-7(11)5-14;/h4,7H,2-3,5,11H2,1H3;1H/t7-;/m0./s1. The van der Waals surface area contributed by atoms with Crippen LogP contribution in [0.25, 0.3) is 0 Å². The summed E-state index contributed by atoms with van der Waals surface area (Å²) in [5.41, 5.74) is 6.70. The number of halogens is 2. The van der Waals surface area contributed by atoms with Crippen LogP contribution in [0.2, 0.25) is 5.15 Å². The van der Waals surface area contributed by atoms with Crippen molar-refractivity contribution in [3.05, 3.63) is 16.9 Å². The van der Waals surface area contributed by atoms with Gasteiger partial charge in [0.1, 0.15) is 5.15 Å². The molecule has 0 amide bonds. The molecule has 84 valence electrons. The highest BCUT2D eigenvalue weighted by atomic mass is 35.5. The van der Waals surface area contributed by atoms with E-state index in [1.54, 1.807) is 6.07 Å². The molecule has 2 rings (SSSR count). The Morgan fingerprint density at radius 1 is 1.53 bits per heavy atom. The highest BCUT2D eigenvalue weighted by Gasteiger charge is 2.21. The number of nitrogens with two attached hydrogens (primary N) is 1. The fourth-order valence-corrected chi connectivity index (χ4v) is 1.86. The van der Waals surface area contributed by atoms with Gasteiger partial charge in [0.15, 0.2) is 0 Å². The first-order valence-corrected chi connectivity index (χ1v) is 5.04. The predicted molar refractivity (Wildman–Crippen MR) is 63.8 cm³/mol. The van der Waals surface area contributed by atoms with Gasteiger partial charge in [-0.2, -0.15) is 0 Å². The van der Waals surface area contributed by atoms with E-state index in [1.165, 1.54) is 0 Å². The summed E-state index contributed by atoms with van der Waals surface area (Å²) >= 11 is 5.86. The van der Waals surface area contributed by atoms with Gasteiger partial charge < -0.3 is 10.6 Å². The highest BCUT2D eigenvalue weighted by molar-refractivity contribution is 6.29. The topological polar surface area (TPSA) is 55.0 Å². The fourth-order valence-electron chi connectivity index (χ4n) is 1.63. The van der Waals surface area contributed by atoms with Gasteiger partial charge in [-0.1, -0.05) is 11.6 Å². The molecule has 0 aliphatic carbocycles. The Kier molecular flexibility index (Phi) is 4.13. The molecule has 1 saturated heterocycles. The number of hydrogen-bond acceptors (Lipinski definition) is 4. The first-order chi connectivity index (χ1) is 6.65. The molecule has 15 heavy (non-hydrogen) atoms. The number of aryl methyl sites for hydroxylation is 1. The van der Waals surface area contributed by atoms with Gasteiger partial charge in [-0.3, -0.25) is 0 Å². The van der Waals surface area contributed by atoms with E-state index in [-0.39, 0.29) is 18.4 Å². The van der Waals surface area contributed by atoms with Crippen LogP contribution in [0.5, 0.6) is 0 Å². The molecule has 6 heteroatoms. The van der Waals surface area contributed by atoms with Gasteiger partial charge in [0.05, 0.1) is 0 Å². The minimum atomic E-state index is 0. The Labute approximate surface area is 100 Å². The SMILES string of the molecule is Cc1cc(Cl)nc(N2CC[C@H](N)C2)n1.Cl. The van der Waals surface area contributed by atoms with Crippen molar-refractivity contribution in [3.8, 4) is 0 Å². The van der Waals surface area contributed by atoms with Gasteiger partial charge >= 0.3 is 0 Å². The molecule has 2 heterocycles. The highest BCUT2D eigenvalue weighted by Crippen LogP contribution is 2.17. The smallest absolute Gasteiger partial charge is 0.227 e. The van der Waals surface area contributed by atoms with Gasteiger partial charge in [0.25, 0.3) is 0 Å². The van der Waals surface area contributed by atoms with E-state index >= 15 is 0 Å². The van der Waals surface area contributed by atoms with Crippen LogP contribution in [0.3, 0.4) is 0 Å². The molecule has 2 N–H and O–H groups in total. The van der Waals surface area contributed by atoms with Crippen molar-refractivity contribution in [3.63, 3.8) is 0 Å². The number of aromatic nitrogens is 2. The lowest BCUT2D eigenvalue weighted by atomic mass is 10.3. The lowest BCUT2D eigenvalue weighted by molar-refractivity contribution is 0.750. The van der Waals surface area contributed by atoms with Crippen LogP contribution in [0.1, 0.15) is 12.1 Å². The second-order valence-electron chi connectivity index (χ2n) is 3.63. The van der Waals surface area contributed by atoms with E-state index in [4.69, 9.17) is 17.3 Å². The predicted octanol–water partition coefficient (Wildman–Crippen LogP) is 1.40. The zero-order valence-corrected chi connectivity index (χ0v) is 10.1. The third kappa shape index (κ3) is 2.93. The normalized spacial score (nSPS) is 20.2. The third-order valence-corrected chi connectivity index (χ3v) is 2.51. The maximum Gasteiger partial charge on any atom is 0.227 e. The van der Waals surface area contributed by atoms with Gasteiger partial charge in [-0.15, -0.1) is 12.4 Å². The summed E-state index contributed by atoms with van der Waals surface area (Å²) in [4.78, 5) is 10.6. The average Bonchev–Trinajstić information content (AvgIpc) is 2.50. The summed E-state index contributed by atoms with van der Waals surface area (Å²) in [5, 5.41) is 0.493. The number of nitrogens with zero attached hydrogens (tertiary/aromatic N) is 3. The molecule has 1 atom stereocenters. The molecule has 1 aliphatic rings. The van der Waals surface area contributed by atoms with E-state index in [0.717, 1.165) is 25.2 Å². The molecule has 0 unspecified atom stereocenters. The Bertz CT molecular complexity index is 325. The molecular formula is C9H14Cl2N4. The first kappa shape index (κ1) is 12.5. The Morgan fingerprint density at radius 2 is 2.27 bits per heavy atom. The maximum absolute atomic E-state index is 5.86. The third-order valence-electron chi connectivity index (χ3n) is 2.32. The fraction of sp³-hybridized carbons (Fsp3) is 0.556. The van der Waals surface area contributed by atoms with Crippen LogP contribution < -0.4 is 10.6 Å². The van der Waals surface area contributed by atoms with E-state index < -0.39 is 0 Å². The molecule has 0 spiro atoms. The van der Waals surface area contributed by atoms with Crippen molar-refractivity contribution >= 4 is 30.0 Å². The van der Waals surface area contributed by atoms with Crippen LogP contribution in [-0.4, -0.2) is 29.1 Å². The molecule has 4 nitrogen and oxygen atoms in total. The molecule has 0 radical (unpaired) electrons. The molecule has 1 aromatic heterocycles. The van der Waals surface area contributed by atoms with Gasteiger partial charge in [-0.05, 0) is 19.4 Å². The number of rotatable bonds is 1. The first-order valence-electron chi connectivity index (χ1n) is 4.67. The van der Waals surface area contributed by atoms with Crippen LogP contribution in [-0.2, 0) is 0 Å². The number of anilines is 1. The molecule has 1 aliphatic heterocycles. The molecule has 0 saturated carbocycles. The summed E-state index contributed by atoms with van der Waals surface area (Å²) in [6, 6.07) is 1.99. The van der Waals surface area contributed by atoms with E-state index in [2.05, 4.69) is 14.9 Å². The van der Waals surface area contributed by atoms with Gasteiger partial charge in [-0.25, -0.2) is 9.97 Å². The Morgan fingerprint density at radius 3 is 2.80 bits per heavy atom.